The second-order valence-corrected chi connectivity index (χ2v) is 8.63. The molecule has 7 heteroatoms. The summed E-state index contributed by atoms with van der Waals surface area (Å²) < 4.78 is 9.30. The van der Waals surface area contributed by atoms with Gasteiger partial charge in [-0.1, -0.05) is 6.07 Å². The van der Waals surface area contributed by atoms with Crippen LogP contribution in [-0.2, 0) is 4.74 Å². The summed E-state index contributed by atoms with van der Waals surface area (Å²) in [4.78, 5) is 24.8. The van der Waals surface area contributed by atoms with Crippen molar-refractivity contribution in [2.45, 2.75) is 34.6 Å². The number of nitrogens with one attached hydrogen (secondary N) is 1. The largest absolute Gasteiger partial charge is 0.462 e. The molecular weight excluding hydrogens is 452 g/mol. The maximum atomic E-state index is 12.6. The van der Waals surface area contributed by atoms with E-state index in [0.717, 1.165) is 39.7 Å². The minimum absolute atomic E-state index is 0.283. The van der Waals surface area contributed by atoms with Gasteiger partial charge in [-0.3, -0.25) is 4.79 Å². The van der Waals surface area contributed by atoms with Crippen LogP contribution in [0.25, 0.3) is 11.4 Å². The molecule has 0 unspecified atom stereocenters. The van der Waals surface area contributed by atoms with Gasteiger partial charge in [0, 0.05) is 45.3 Å². The zero-order chi connectivity index (χ0) is 25.8. The molecule has 0 saturated heterocycles. The minimum atomic E-state index is -0.349. The van der Waals surface area contributed by atoms with E-state index in [9.17, 15) is 9.59 Å². The van der Waals surface area contributed by atoms with E-state index >= 15 is 0 Å². The second kappa shape index (κ2) is 10.5. The first-order chi connectivity index (χ1) is 17.3. The van der Waals surface area contributed by atoms with Crippen molar-refractivity contribution in [2.24, 2.45) is 5.10 Å². The van der Waals surface area contributed by atoms with Gasteiger partial charge in [0.25, 0.3) is 5.91 Å². The second-order valence-electron chi connectivity index (χ2n) is 8.63. The lowest BCUT2D eigenvalue weighted by atomic mass is 10.2. The van der Waals surface area contributed by atoms with E-state index in [1.807, 2.05) is 48.7 Å². The Balaban J connectivity index is 1.48. The first-order valence-electron chi connectivity index (χ1n) is 11.9. The number of ether oxygens (including phenoxy) is 1. The molecule has 1 amide bonds. The van der Waals surface area contributed by atoms with Crippen LogP contribution in [0.2, 0.25) is 0 Å². The number of hydrogen-bond acceptors (Lipinski definition) is 4. The summed E-state index contributed by atoms with van der Waals surface area (Å²) in [6, 6.07) is 20.9. The fourth-order valence-corrected chi connectivity index (χ4v) is 4.36. The molecule has 0 fully saturated rings. The standard InChI is InChI=1S/C29H30N4O3/c1-6-36-29(35)24-8-7-9-27(17-24)33-21(4)16-25(22(33)5)18-30-31-28(34)23-12-14-26(15-13-23)32-19(2)10-11-20(32)3/h7-18H,6H2,1-5H3,(H,31,34)/b30-18-. The smallest absolute Gasteiger partial charge is 0.338 e. The van der Waals surface area contributed by atoms with Crippen LogP contribution in [-0.4, -0.2) is 33.8 Å². The van der Waals surface area contributed by atoms with Gasteiger partial charge in [-0.15, -0.1) is 0 Å². The maximum Gasteiger partial charge on any atom is 0.338 e. The number of hydrazone groups is 1. The quantitative estimate of drug-likeness (QED) is 0.216. The van der Waals surface area contributed by atoms with Gasteiger partial charge in [0.15, 0.2) is 0 Å². The van der Waals surface area contributed by atoms with Gasteiger partial charge in [-0.05, 0) is 95.3 Å². The number of carbonyl (C=O) groups excluding carboxylic acids is 2. The van der Waals surface area contributed by atoms with E-state index in [4.69, 9.17) is 4.74 Å². The fourth-order valence-electron chi connectivity index (χ4n) is 4.36. The summed E-state index contributed by atoms with van der Waals surface area (Å²) >= 11 is 0. The Morgan fingerprint density at radius 3 is 2.19 bits per heavy atom. The Morgan fingerprint density at radius 2 is 1.53 bits per heavy atom. The van der Waals surface area contributed by atoms with E-state index in [-0.39, 0.29) is 11.9 Å². The van der Waals surface area contributed by atoms with Crippen LogP contribution >= 0.6 is 0 Å². The van der Waals surface area contributed by atoms with Gasteiger partial charge in [-0.25, -0.2) is 10.2 Å². The van der Waals surface area contributed by atoms with Crippen LogP contribution in [0.3, 0.4) is 0 Å². The van der Waals surface area contributed by atoms with E-state index in [0.29, 0.717) is 17.7 Å². The van der Waals surface area contributed by atoms with Crippen LogP contribution in [0.5, 0.6) is 0 Å². The van der Waals surface area contributed by atoms with Crippen molar-refractivity contribution in [2.75, 3.05) is 6.61 Å². The molecule has 4 aromatic rings. The van der Waals surface area contributed by atoms with Crippen LogP contribution in [0.4, 0.5) is 0 Å². The molecule has 36 heavy (non-hydrogen) atoms. The van der Waals surface area contributed by atoms with Crippen LogP contribution in [0.1, 0.15) is 56.0 Å². The third-order valence-corrected chi connectivity index (χ3v) is 6.11. The van der Waals surface area contributed by atoms with Gasteiger partial charge in [0.05, 0.1) is 18.4 Å². The molecular formula is C29H30N4O3. The van der Waals surface area contributed by atoms with E-state index in [2.05, 4.69) is 41.1 Å². The first kappa shape index (κ1) is 24.7. The summed E-state index contributed by atoms with van der Waals surface area (Å²) in [6.45, 7) is 10.2. The molecule has 0 spiro atoms. The molecule has 1 N–H and O–H groups in total. The maximum absolute atomic E-state index is 12.6. The average Bonchev–Trinajstić information content (AvgIpc) is 3.35. The number of carbonyl (C=O) groups is 2. The van der Waals surface area contributed by atoms with Crippen LogP contribution in [0, 0.1) is 27.7 Å². The number of aromatic nitrogens is 2. The lowest BCUT2D eigenvalue weighted by Crippen LogP contribution is -2.17. The zero-order valence-corrected chi connectivity index (χ0v) is 21.2. The third kappa shape index (κ3) is 5.00. The van der Waals surface area contributed by atoms with Crippen LogP contribution < -0.4 is 5.43 Å². The summed E-state index contributed by atoms with van der Waals surface area (Å²) in [5, 5.41) is 4.18. The number of nitrogens with zero attached hydrogens (tertiary/aromatic N) is 3. The molecule has 2 aromatic heterocycles. The van der Waals surface area contributed by atoms with Crippen molar-refractivity contribution in [3.8, 4) is 11.4 Å². The molecule has 0 aliphatic heterocycles. The van der Waals surface area contributed by atoms with Crippen molar-refractivity contribution in [3.05, 3.63) is 106 Å². The number of hydrogen-bond donors (Lipinski definition) is 1. The molecule has 7 nitrogen and oxygen atoms in total. The summed E-state index contributed by atoms with van der Waals surface area (Å²) in [6.07, 6.45) is 1.63. The number of rotatable bonds is 7. The number of amides is 1. The summed E-state index contributed by atoms with van der Waals surface area (Å²) in [7, 11) is 0. The van der Waals surface area contributed by atoms with Crippen molar-refractivity contribution < 1.29 is 14.3 Å². The van der Waals surface area contributed by atoms with E-state index in [1.165, 1.54) is 0 Å². The first-order valence-corrected chi connectivity index (χ1v) is 11.9. The lowest BCUT2D eigenvalue weighted by Gasteiger charge is -2.11. The van der Waals surface area contributed by atoms with Crippen molar-refractivity contribution in [3.63, 3.8) is 0 Å². The number of benzene rings is 2. The molecule has 0 saturated carbocycles. The summed E-state index contributed by atoms with van der Waals surface area (Å²) in [5.74, 6) is -0.632. The fraction of sp³-hybridized carbons (Fsp3) is 0.207. The SMILES string of the molecule is CCOC(=O)c1cccc(-n2c(C)cc(/C=N\NC(=O)c3ccc(-n4c(C)ccc4C)cc3)c2C)c1. The van der Waals surface area contributed by atoms with Gasteiger partial charge in [-0.2, -0.15) is 5.10 Å². The molecule has 0 radical (unpaired) electrons. The normalized spacial score (nSPS) is 11.1. The molecule has 184 valence electrons. The highest BCUT2D eigenvalue weighted by molar-refractivity contribution is 5.95. The third-order valence-electron chi connectivity index (χ3n) is 6.11. The predicted molar refractivity (Wildman–Crippen MR) is 142 cm³/mol. The molecule has 0 atom stereocenters. The van der Waals surface area contributed by atoms with E-state index < -0.39 is 0 Å². The molecule has 4 rings (SSSR count). The Hall–Kier alpha value is -4.39. The zero-order valence-electron chi connectivity index (χ0n) is 21.2. The highest BCUT2D eigenvalue weighted by Crippen LogP contribution is 2.21. The van der Waals surface area contributed by atoms with Gasteiger partial charge < -0.3 is 13.9 Å². The Morgan fingerprint density at radius 1 is 0.833 bits per heavy atom. The van der Waals surface area contributed by atoms with Crippen LogP contribution in [0.15, 0.2) is 71.8 Å². The Kier molecular flexibility index (Phi) is 7.20. The summed E-state index contributed by atoms with van der Waals surface area (Å²) in [5.41, 5.74) is 10.6. The van der Waals surface area contributed by atoms with Crippen molar-refractivity contribution >= 4 is 18.1 Å². The number of aryl methyl sites for hydroxylation is 3. The Labute approximate surface area is 211 Å². The highest BCUT2D eigenvalue weighted by atomic mass is 16.5. The minimum Gasteiger partial charge on any atom is -0.462 e. The molecule has 0 aliphatic rings. The molecule has 2 aromatic carbocycles. The Bertz CT molecular complexity index is 1420. The van der Waals surface area contributed by atoms with Crippen molar-refractivity contribution in [1.82, 2.24) is 14.6 Å². The monoisotopic (exact) mass is 482 g/mol. The molecule has 0 bridgehead atoms. The van der Waals surface area contributed by atoms with Crippen molar-refractivity contribution in [1.29, 1.82) is 0 Å². The molecule has 2 heterocycles. The topological polar surface area (TPSA) is 77.6 Å². The number of esters is 1. The van der Waals surface area contributed by atoms with E-state index in [1.54, 1.807) is 37.4 Å². The highest BCUT2D eigenvalue weighted by Gasteiger charge is 2.13. The lowest BCUT2D eigenvalue weighted by molar-refractivity contribution is 0.0526. The van der Waals surface area contributed by atoms with Gasteiger partial charge in [0.1, 0.15) is 0 Å². The van der Waals surface area contributed by atoms with Gasteiger partial charge >= 0.3 is 5.97 Å². The average molecular weight is 483 g/mol. The predicted octanol–water partition coefficient (Wildman–Crippen LogP) is 5.44. The molecule has 0 aliphatic carbocycles. The van der Waals surface area contributed by atoms with Gasteiger partial charge in [0.2, 0.25) is 0 Å².